The summed E-state index contributed by atoms with van der Waals surface area (Å²) < 4.78 is 0. The third-order valence-corrected chi connectivity index (χ3v) is 5.49. The Kier molecular flexibility index (Phi) is 3.25. The largest absolute Gasteiger partial charge is 0.298 e. The quantitative estimate of drug-likeness (QED) is 0.696. The second kappa shape index (κ2) is 4.72. The molecule has 3 rings (SSSR count). The Hall–Kier alpha value is -0.370. The molecule has 3 fully saturated rings. The third-order valence-electron chi connectivity index (χ3n) is 5.49. The molecule has 2 saturated carbocycles. The zero-order valence-corrected chi connectivity index (χ0v) is 10.9. The molecular formula is C15H25NO. The van der Waals surface area contributed by atoms with Crippen LogP contribution in [-0.4, -0.2) is 29.8 Å². The Morgan fingerprint density at radius 2 is 1.65 bits per heavy atom. The number of likely N-dealkylation sites (tertiary alicyclic amines) is 1. The first-order chi connectivity index (χ1) is 8.29. The van der Waals surface area contributed by atoms with Gasteiger partial charge in [-0.25, -0.2) is 0 Å². The minimum Gasteiger partial charge on any atom is -0.298 e. The van der Waals surface area contributed by atoms with Gasteiger partial charge in [0.05, 0.1) is 6.04 Å². The minimum absolute atomic E-state index is 0.302. The Labute approximate surface area is 105 Å². The van der Waals surface area contributed by atoms with Crippen LogP contribution < -0.4 is 0 Å². The molecule has 0 amide bonds. The maximum absolute atomic E-state index is 11.8. The predicted molar refractivity (Wildman–Crippen MR) is 69.0 cm³/mol. The summed E-state index contributed by atoms with van der Waals surface area (Å²) in [4.78, 5) is 14.3. The van der Waals surface area contributed by atoms with E-state index in [4.69, 9.17) is 0 Å². The monoisotopic (exact) mass is 235 g/mol. The first-order valence-electron chi connectivity index (χ1n) is 7.56. The van der Waals surface area contributed by atoms with Crippen molar-refractivity contribution >= 4 is 5.78 Å². The van der Waals surface area contributed by atoms with Crippen LogP contribution in [0.15, 0.2) is 0 Å². The number of Topliss-reactive ketones (excluding diaryl/α,β-unsaturated/α-hetero) is 1. The molecule has 1 aliphatic heterocycles. The topological polar surface area (TPSA) is 20.3 Å². The molecule has 1 saturated heterocycles. The number of hydrogen-bond donors (Lipinski definition) is 0. The van der Waals surface area contributed by atoms with E-state index in [1.165, 1.54) is 58.0 Å². The van der Waals surface area contributed by atoms with Crippen LogP contribution in [0.5, 0.6) is 0 Å². The fourth-order valence-electron chi connectivity index (χ4n) is 4.30. The Bertz CT molecular complexity index is 283. The number of piperidine rings is 1. The van der Waals surface area contributed by atoms with Crippen molar-refractivity contribution in [1.82, 2.24) is 4.90 Å². The lowest BCUT2D eigenvalue weighted by atomic mass is 9.68. The van der Waals surface area contributed by atoms with Gasteiger partial charge < -0.3 is 0 Å². The highest BCUT2D eigenvalue weighted by atomic mass is 16.1. The molecule has 96 valence electrons. The lowest BCUT2D eigenvalue weighted by Crippen LogP contribution is -2.47. The Morgan fingerprint density at radius 3 is 2.24 bits per heavy atom. The first kappa shape index (κ1) is 11.7. The summed E-state index contributed by atoms with van der Waals surface area (Å²) in [6.07, 6.45) is 13.1. The standard InChI is InChI=1S/C15H25NO/c17-14-6-4-5-13(14)16-11-9-15(10-12-16)7-2-1-3-8-15/h13H,1-12H2. The molecule has 1 unspecified atom stereocenters. The van der Waals surface area contributed by atoms with Crippen LogP contribution in [0.2, 0.25) is 0 Å². The van der Waals surface area contributed by atoms with Crippen molar-refractivity contribution in [1.29, 1.82) is 0 Å². The van der Waals surface area contributed by atoms with Gasteiger partial charge in [0.2, 0.25) is 0 Å². The SMILES string of the molecule is O=C1CCCC1N1CCC2(CCCCC2)CC1. The summed E-state index contributed by atoms with van der Waals surface area (Å²) in [7, 11) is 0. The van der Waals surface area contributed by atoms with Crippen LogP contribution in [-0.2, 0) is 4.79 Å². The molecule has 0 aromatic carbocycles. The van der Waals surface area contributed by atoms with E-state index in [1.54, 1.807) is 0 Å². The van der Waals surface area contributed by atoms with E-state index in [-0.39, 0.29) is 0 Å². The van der Waals surface area contributed by atoms with Gasteiger partial charge in [-0.3, -0.25) is 9.69 Å². The zero-order chi connectivity index (χ0) is 11.7. The van der Waals surface area contributed by atoms with Gasteiger partial charge in [-0.05, 0) is 57.0 Å². The number of carbonyl (C=O) groups excluding carboxylic acids is 1. The Balaban J connectivity index is 1.58. The number of rotatable bonds is 1. The normalized spacial score (nSPS) is 34.4. The molecule has 1 heterocycles. The lowest BCUT2D eigenvalue weighted by molar-refractivity contribution is -0.123. The molecule has 0 N–H and O–H groups in total. The average molecular weight is 235 g/mol. The maximum atomic E-state index is 11.8. The van der Waals surface area contributed by atoms with E-state index in [1.807, 2.05) is 0 Å². The van der Waals surface area contributed by atoms with Crippen LogP contribution >= 0.6 is 0 Å². The maximum Gasteiger partial charge on any atom is 0.149 e. The van der Waals surface area contributed by atoms with Gasteiger partial charge in [0.15, 0.2) is 0 Å². The van der Waals surface area contributed by atoms with E-state index < -0.39 is 0 Å². The third kappa shape index (κ3) is 2.29. The molecule has 17 heavy (non-hydrogen) atoms. The average Bonchev–Trinajstić information content (AvgIpc) is 2.78. The summed E-state index contributed by atoms with van der Waals surface area (Å²) in [5.41, 5.74) is 0.677. The van der Waals surface area contributed by atoms with E-state index in [9.17, 15) is 4.79 Å². The van der Waals surface area contributed by atoms with Crippen LogP contribution in [0.25, 0.3) is 0 Å². The fourth-order valence-corrected chi connectivity index (χ4v) is 4.30. The van der Waals surface area contributed by atoms with E-state index in [0.717, 1.165) is 19.3 Å². The second-order valence-corrected chi connectivity index (χ2v) is 6.47. The number of nitrogens with zero attached hydrogens (tertiary/aromatic N) is 1. The number of ketones is 1. The van der Waals surface area contributed by atoms with Gasteiger partial charge >= 0.3 is 0 Å². The van der Waals surface area contributed by atoms with Crippen LogP contribution in [0.1, 0.15) is 64.2 Å². The highest BCUT2D eigenvalue weighted by Gasteiger charge is 2.39. The highest BCUT2D eigenvalue weighted by Crippen LogP contribution is 2.45. The summed E-state index contributed by atoms with van der Waals surface area (Å²) in [6, 6.07) is 0.302. The predicted octanol–water partition coefficient (Wildman–Crippen LogP) is 3.15. The van der Waals surface area contributed by atoms with Crippen molar-refractivity contribution < 1.29 is 4.79 Å². The van der Waals surface area contributed by atoms with Crippen molar-refractivity contribution in [3.8, 4) is 0 Å². The van der Waals surface area contributed by atoms with E-state index in [0.29, 0.717) is 17.2 Å². The van der Waals surface area contributed by atoms with Crippen molar-refractivity contribution in [2.45, 2.75) is 70.3 Å². The molecule has 2 nitrogen and oxygen atoms in total. The second-order valence-electron chi connectivity index (χ2n) is 6.47. The van der Waals surface area contributed by atoms with Gasteiger partial charge in [-0.2, -0.15) is 0 Å². The van der Waals surface area contributed by atoms with E-state index in [2.05, 4.69) is 4.90 Å². The van der Waals surface area contributed by atoms with Crippen LogP contribution in [0, 0.1) is 5.41 Å². The molecule has 0 bridgehead atoms. The smallest absolute Gasteiger partial charge is 0.149 e. The molecule has 2 aliphatic carbocycles. The van der Waals surface area contributed by atoms with Gasteiger partial charge in [-0.15, -0.1) is 0 Å². The molecule has 0 radical (unpaired) electrons. The molecule has 1 atom stereocenters. The lowest BCUT2D eigenvalue weighted by Gasteiger charge is -2.45. The van der Waals surface area contributed by atoms with Crippen molar-refractivity contribution in [3.05, 3.63) is 0 Å². The first-order valence-corrected chi connectivity index (χ1v) is 7.56. The van der Waals surface area contributed by atoms with Crippen LogP contribution in [0.3, 0.4) is 0 Å². The van der Waals surface area contributed by atoms with E-state index >= 15 is 0 Å². The van der Waals surface area contributed by atoms with Crippen molar-refractivity contribution in [2.75, 3.05) is 13.1 Å². The van der Waals surface area contributed by atoms with Crippen LogP contribution in [0.4, 0.5) is 0 Å². The summed E-state index contributed by atoms with van der Waals surface area (Å²) >= 11 is 0. The zero-order valence-electron chi connectivity index (χ0n) is 10.9. The summed E-state index contributed by atoms with van der Waals surface area (Å²) in [5.74, 6) is 0.518. The van der Waals surface area contributed by atoms with Crippen molar-refractivity contribution in [3.63, 3.8) is 0 Å². The van der Waals surface area contributed by atoms with Gasteiger partial charge in [0.25, 0.3) is 0 Å². The number of carbonyl (C=O) groups is 1. The molecule has 0 aromatic heterocycles. The molecule has 3 aliphatic rings. The summed E-state index contributed by atoms with van der Waals surface area (Å²) in [6.45, 7) is 2.38. The summed E-state index contributed by atoms with van der Waals surface area (Å²) in [5, 5.41) is 0. The molecule has 1 spiro atoms. The van der Waals surface area contributed by atoms with Crippen molar-refractivity contribution in [2.24, 2.45) is 5.41 Å². The minimum atomic E-state index is 0.302. The van der Waals surface area contributed by atoms with Gasteiger partial charge in [0, 0.05) is 6.42 Å². The molecule has 0 aromatic rings. The molecular weight excluding hydrogens is 210 g/mol. The number of hydrogen-bond acceptors (Lipinski definition) is 2. The van der Waals surface area contributed by atoms with Gasteiger partial charge in [0.1, 0.15) is 5.78 Å². The highest BCUT2D eigenvalue weighted by molar-refractivity contribution is 5.85. The Morgan fingerprint density at radius 1 is 0.941 bits per heavy atom. The fraction of sp³-hybridized carbons (Fsp3) is 0.933. The van der Waals surface area contributed by atoms with Gasteiger partial charge in [-0.1, -0.05) is 19.3 Å². The molecule has 2 heteroatoms.